The van der Waals surface area contributed by atoms with Gasteiger partial charge in [0.2, 0.25) is 0 Å². The first-order chi connectivity index (χ1) is 18.9. The Bertz CT molecular complexity index is 1400. The Morgan fingerprint density at radius 2 is 1.79 bits per heavy atom. The lowest BCUT2D eigenvalue weighted by atomic mass is 10.1. The van der Waals surface area contributed by atoms with Crippen LogP contribution in [0.25, 0.3) is 0 Å². The van der Waals surface area contributed by atoms with E-state index in [9.17, 15) is 14.9 Å². The standard InChI is InChI=1S/C28H27BrN4O6/c1-4-38-25-12-18(11-22(29)27(25)39-17-21-8-6-5-7-20(21)14-30)15-32-33-26(34)16-31-28(35)19-9-10-23(36-2)24(13-19)37-3/h5-13,15H,4,16-17H2,1-3H3,(H,31,35)(H,33,34)/b32-15+. The van der Waals surface area contributed by atoms with Crippen LogP contribution in [-0.2, 0) is 11.4 Å². The summed E-state index contributed by atoms with van der Waals surface area (Å²) in [7, 11) is 2.97. The van der Waals surface area contributed by atoms with Gasteiger partial charge in [0, 0.05) is 11.1 Å². The zero-order valence-electron chi connectivity index (χ0n) is 21.6. The van der Waals surface area contributed by atoms with Gasteiger partial charge in [0.05, 0.1) is 49.7 Å². The first-order valence-corrected chi connectivity index (χ1v) is 12.6. The molecule has 3 aromatic carbocycles. The molecule has 0 bridgehead atoms. The zero-order chi connectivity index (χ0) is 28.2. The molecule has 0 saturated heterocycles. The molecule has 2 N–H and O–H groups in total. The topological polar surface area (TPSA) is 131 Å². The minimum Gasteiger partial charge on any atom is -0.493 e. The fraction of sp³-hybridized carbons (Fsp3) is 0.214. The number of nitrogens with one attached hydrogen (secondary N) is 2. The second-order valence-corrected chi connectivity index (χ2v) is 8.72. The summed E-state index contributed by atoms with van der Waals surface area (Å²) < 4.78 is 22.7. The number of hydrazone groups is 1. The van der Waals surface area contributed by atoms with E-state index >= 15 is 0 Å². The number of amides is 2. The molecule has 0 aliphatic rings. The van der Waals surface area contributed by atoms with Gasteiger partial charge in [0.1, 0.15) is 6.61 Å². The van der Waals surface area contributed by atoms with Crippen LogP contribution in [0.5, 0.6) is 23.0 Å². The molecule has 0 saturated carbocycles. The Morgan fingerprint density at radius 3 is 2.51 bits per heavy atom. The zero-order valence-corrected chi connectivity index (χ0v) is 23.2. The molecular formula is C28H27BrN4O6. The van der Waals surface area contributed by atoms with Gasteiger partial charge in [0.25, 0.3) is 11.8 Å². The molecule has 0 radical (unpaired) electrons. The quantitative estimate of drug-likeness (QED) is 0.237. The van der Waals surface area contributed by atoms with Crippen molar-refractivity contribution in [2.75, 3.05) is 27.4 Å². The molecule has 0 heterocycles. The van der Waals surface area contributed by atoms with E-state index in [2.05, 4.69) is 37.8 Å². The summed E-state index contributed by atoms with van der Waals surface area (Å²) in [5, 5.41) is 15.8. The van der Waals surface area contributed by atoms with Crippen LogP contribution in [0, 0.1) is 11.3 Å². The molecule has 0 aromatic heterocycles. The summed E-state index contributed by atoms with van der Waals surface area (Å²) in [5.41, 5.74) is 4.61. The number of nitriles is 1. The van der Waals surface area contributed by atoms with Crippen molar-refractivity contribution in [2.45, 2.75) is 13.5 Å². The van der Waals surface area contributed by atoms with Crippen LogP contribution in [0.3, 0.4) is 0 Å². The molecule has 0 aliphatic carbocycles. The average Bonchev–Trinajstić information content (AvgIpc) is 2.95. The molecular weight excluding hydrogens is 568 g/mol. The molecule has 11 heteroatoms. The van der Waals surface area contributed by atoms with Crippen LogP contribution in [0.15, 0.2) is 64.2 Å². The maximum atomic E-state index is 12.4. The summed E-state index contributed by atoms with van der Waals surface area (Å²) in [4.78, 5) is 24.6. The van der Waals surface area contributed by atoms with Gasteiger partial charge >= 0.3 is 0 Å². The van der Waals surface area contributed by atoms with Gasteiger partial charge in [-0.15, -0.1) is 0 Å². The molecule has 0 spiro atoms. The van der Waals surface area contributed by atoms with E-state index < -0.39 is 11.8 Å². The molecule has 10 nitrogen and oxygen atoms in total. The highest BCUT2D eigenvalue weighted by Crippen LogP contribution is 2.37. The summed E-state index contributed by atoms with van der Waals surface area (Å²) in [6, 6.07) is 17.5. The molecule has 0 fully saturated rings. The van der Waals surface area contributed by atoms with Crippen molar-refractivity contribution in [1.82, 2.24) is 10.7 Å². The number of hydrogen-bond acceptors (Lipinski definition) is 8. The maximum absolute atomic E-state index is 12.4. The van der Waals surface area contributed by atoms with E-state index in [0.29, 0.717) is 50.8 Å². The number of carbonyl (C=O) groups is 2. The van der Waals surface area contributed by atoms with Gasteiger partial charge in [-0.1, -0.05) is 18.2 Å². The molecule has 202 valence electrons. The molecule has 39 heavy (non-hydrogen) atoms. The minimum absolute atomic E-state index is 0.181. The molecule has 0 atom stereocenters. The lowest BCUT2D eigenvalue weighted by Gasteiger charge is -2.15. The lowest BCUT2D eigenvalue weighted by molar-refractivity contribution is -0.120. The highest BCUT2D eigenvalue weighted by atomic mass is 79.9. The normalized spacial score (nSPS) is 10.4. The Labute approximate surface area is 234 Å². The van der Waals surface area contributed by atoms with E-state index in [0.717, 1.165) is 5.56 Å². The first kappa shape index (κ1) is 29.0. The Hall–Kier alpha value is -4.56. The Kier molecular flexibility index (Phi) is 10.7. The van der Waals surface area contributed by atoms with E-state index in [-0.39, 0.29) is 13.2 Å². The largest absolute Gasteiger partial charge is 0.493 e. The third kappa shape index (κ3) is 7.96. The second kappa shape index (κ2) is 14.4. The molecule has 0 aliphatic heterocycles. The van der Waals surface area contributed by atoms with Gasteiger partial charge < -0.3 is 24.3 Å². The number of ether oxygens (including phenoxy) is 4. The fourth-order valence-electron chi connectivity index (χ4n) is 3.43. The number of carbonyl (C=O) groups excluding carboxylic acids is 2. The van der Waals surface area contributed by atoms with Crippen molar-refractivity contribution in [3.05, 3.63) is 81.3 Å². The van der Waals surface area contributed by atoms with Crippen LogP contribution in [0.2, 0.25) is 0 Å². The number of halogens is 1. The minimum atomic E-state index is -0.514. The van der Waals surface area contributed by atoms with Crippen molar-refractivity contribution >= 4 is 34.0 Å². The van der Waals surface area contributed by atoms with Crippen LogP contribution in [-0.4, -0.2) is 45.4 Å². The van der Waals surface area contributed by atoms with Crippen molar-refractivity contribution in [3.63, 3.8) is 0 Å². The van der Waals surface area contributed by atoms with E-state index in [1.807, 2.05) is 19.1 Å². The number of nitrogens with zero attached hydrogens (tertiary/aromatic N) is 2. The van der Waals surface area contributed by atoms with E-state index in [1.54, 1.807) is 36.4 Å². The van der Waals surface area contributed by atoms with Crippen LogP contribution in [0.1, 0.15) is 34.0 Å². The summed E-state index contributed by atoms with van der Waals surface area (Å²) in [5.74, 6) is 0.873. The third-order valence-electron chi connectivity index (χ3n) is 5.30. The Morgan fingerprint density at radius 1 is 1.03 bits per heavy atom. The van der Waals surface area contributed by atoms with Gasteiger partial charge in [0.15, 0.2) is 23.0 Å². The van der Waals surface area contributed by atoms with Crippen LogP contribution in [0.4, 0.5) is 0 Å². The highest BCUT2D eigenvalue weighted by Gasteiger charge is 2.14. The van der Waals surface area contributed by atoms with Gasteiger partial charge in [-0.05, 0) is 64.8 Å². The van der Waals surface area contributed by atoms with Gasteiger partial charge in [-0.2, -0.15) is 10.4 Å². The van der Waals surface area contributed by atoms with Crippen LogP contribution >= 0.6 is 15.9 Å². The van der Waals surface area contributed by atoms with Crippen molar-refractivity contribution in [3.8, 4) is 29.1 Å². The second-order valence-electron chi connectivity index (χ2n) is 7.87. The highest BCUT2D eigenvalue weighted by molar-refractivity contribution is 9.10. The van der Waals surface area contributed by atoms with Crippen molar-refractivity contribution in [2.24, 2.45) is 5.10 Å². The SMILES string of the molecule is CCOc1cc(/C=N/NC(=O)CNC(=O)c2ccc(OC)c(OC)c2)cc(Br)c1OCc1ccccc1C#N. The summed E-state index contributed by atoms with van der Waals surface area (Å²) in [6.45, 7) is 2.14. The number of methoxy groups -OCH3 is 2. The Balaban J connectivity index is 1.60. The predicted molar refractivity (Wildman–Crippen MR) is 148 cm³/mol. The molecule has 0 unspecified atom stereocenters. The summed E-state index contributed by atoms with van der Waals surface area (Å²) >= 11 is 3.50. The maximum Gasteiger partial charge on any atom is 0.259 e. The average molecular weight is 595 g/mol. The van der Waals surface area contributed by atoms with E-state index in [4.69, 9.17) is 18.9 Å². The molecule has 3 aromatic rings. The first-order valence-electron chi connectivity index (χ1n) is 11.8. The molecule has 3 rings (SSSR count). The van der Waals surface area contributed by atoms with Gasteiger partial charge in [-0.3, -0.25) is 9.59 Å². The fourth-order valence-corrected chi connectivity index (χ4v) is 4.00. The lowest BCUT2D eigenvalue weighted by Crippen LogP contribution is -2.34. The van der Waals surface area contributed by atoms with Crippen LogP contribution < -0.4 is 29.7 Å². The summed E-state index contributed by atoms with van der Waals surface area (Å²) in [6.07, 6.45) is 1.44. The smallest absolute Gasteiger partial charge is 0.259 e. The van der Waals surface area contributed by atoms with Crippen molar-refractivity contribution < 1.29 is 28.5 Å². The number of benzene rings is 3. The monoisotopic (exact) mass is 594 g/mol. The predicted octanol–water partition coefficient (Wildman–Crippen LogP) is 4.20. The molecule has 2 amide bonds. The third-order valence-corrected chi connectivity index (χ3v) is 5.89. The van der Waals surface area contributed by atoms with Crippen molar-refractivity contribution in [1.29, 1.82) is 5.26 Å². The number of hydrogen-bond donors (Lipinski definition) is 2. The van der Waals surface area contributed by atoms with E-state index in [1.165, 1.54) is 26.5 Å². The number of rotatable bonds is 12. The van der Waals surface area contributed by atoms with Gasteiger partial charge in [-0.25, -0.2) is 5.43 Å².